The van der Waals surface area contributed by atoms with Crippen molar-refractivity contribution in [3.05, 3.63) is 12.2 Å². The zero-order valence-electron chi connectivity index (χ0n) is 17.1. The van der Waals surface area contributed by atoms with Crippen LogP contribution in [-0.2, 0) is 0 Å². The van der Waals surface area contributed by atoms with E-state index in [0.29, 0.717) is 0 Å². The largest absolute Gasteiger partial charge is 0.460 e. The summed E-state index contributed by atoms with van der Waals surface area (Å²) in [6.45, 7) is 0. The third kappa shape index (κ3) is 6.41. The second-order valence-corrected chi connectivity index (χ2v) is 16.6. The first-order valence-corrected chi connectivity index (χ1v) is 13.9. The van der Waals surface area contributed by atoms with Gasteiger partial charge in [0.25, 0.3) is 0 Å². The van der Waals surface area contributed by atoms with E-state index in [9.17, 15) is 92.2 Å². The molecule has 25 heteroatoms. The first-order chi connectivity index (χ1) is 16.4. The molecule has 0 N–H and O–H groups in total. The molecule has 0 aromatic carbocycles. The molecule has 0 rings (SSSR count). The lowest BCUT2D eigenvalue weighted by Crippen LogP contribution is -2.69. The Labute approximate surface area is 216 Å². The summed E-state index contributed by atoms with van der Waals surface area (Å²) in [4.78, 5) is 0. The van der Waals surface area contributed by atoms with Crippen molar-refractivity contribution in [1.29, 1.82) is 0 Å². The SMILES string of the molecule is FC(F)(F)C(F)(F)C(F)(F)C(F)(F)C(F)(F)C(F)(F)/C=C/C(F)(F)C(F)(F)C(F)(F)C(F)(F)CC[Si](Cl)(Cl)Cl. The quantitative estimate of drug-likeness (QED) is 0.0821. The summed E-state index contributed by atoms with van der Waals surface area (Å²) in [6, 6.07) is -5.98. The highest BCUT2D eigenvalue weighted by atomic mass is 35.8. The van der Waals surface area contributed by atoms with E-state index in [1.165, 1.54) is 0 Å². The van der Waals surface area contributed by atoms with Crippen LogP contribution in [0.3, 0.4) is 0 Å². The predicted molar refractivity (Wildman–Crippen MR) is 92.5 cm³/mol. The second kappa shape index (κ2) is 10.3. The number of rotatable bonds is 12. The van der Waals surface area contributed by atoms with Crippen LogP contribution in [0.4, 0.5) is 92.2 Å². The van der Waals surface area contributed by atoms with Crippen molar-refractivity contribution in [1.82, 2.24) is 0 Å². The van der Waals surface area contributed by atoms with Crippen LogP contribution >= 0.6 is 33.2 Å². The molecule has 234 valence electrons. The average molecular weight is 708 g/mol. The van der Waals surface area contributed by atoms with E-state index in [1.807, 2.05) is 0 Å². The summed E-state index contributed by atoms with van der Waals surface area (Å²) in [7, 11) is 0. The minimum Gasteiger partial charge on any atom is -0.200 e. The molecule has 0 radical (unpaired) electrons. The molecule has 0 saturated carbocycles. The van der Waals surface area contributed by atoms with Crippen molar-refractivity contribution < 1.29 is 92.2 Å². The number of allylic oxidation sites excluding steroid dienone is 2. The summed E-state index contributed by atoms with van der Waals surface area (Å²) in [5, 5.41) is 0. The molecule has 0 atom stereocenters. The molecular weight excluding hydrogens is 702 g/mol. The normalized spacial score (nSPS) is 16.8. The van der Waals surface area contributed by atoms with Crippen LogP contribution in [-0.4, -0.2) is 65.5 Å². The summed E-state index contributed by atoms with van der Waals surface area (Å²) in [6.07, 6.45) is -15.7. The van der Waals surface area contributed by atoms with Gasteiger partial charge in [0.2, 0.25) is 0 Å². The molecule has 0 bridgehead atoms. The fraction of sp³-hybridized carbons (Fsp3) is 0.857. The molecule has 0 saturated heterocycles. The molecule has 0 aliphatic carbocycles. The molecule has 0 amide bonds. The van der Waals surface area contributed by atoms with E-state index in [-0.39, 0.29) is 0 Å². The van der Waals surface area contributed by atoms with Crippen molar-refractivity contribution in [2.45, 2.75) is 71.9 Å². The zero-order chi connectivity index (χ0) is 32.3. The van der Waals surface area contributed by atoms with E-state index in [2.05, 4.69) is 0 Å². The van der Waals surface area contributed by atoms with Gasteiger partial charge >= 0.3 is 65.5 Å². The molecule has 0 aromatic rings. The third-order valence-corrected chi connectivity index (χ3v) is 6.97. The van der Waals surface area contributed by atoms with Crippen LogP contribution in [0.15, 0.2) is 12.2 Å². The number of hydrogen-bond donors (Lipinski definition) is 0. The maximum Gasteiger partial charge on any atom is 0.460 e. The Morgan fingerprint density at radius 3 is 0.974 bits per heavy atom. The number of hydrogen-bond acceptors (Lipinski definition) is 0. The van der Waals surface area contributed by atoms with Crippen molar-refractivity contribution >= 4 is 39.2 Å². The highest BCUT2D eigenvalue weighted by Crippen LogP contribution is 2.61. The van der Waals surface area contributed by atoms with Gasteiger partial charge in [-0.25, -0.2) is 0 Å². The minimum atomic E-state index is -8.54. The Balaban J connectivity index is 6.59. The van der Waals surface area contributed by atoms with Crippen LogP contribution in [0, 0.1) is 0 Å². The molecule has 39 heavy (non-hydrogen) atoms. The predicted octanol–water partition coefficient (Wildman–Crippen LogP) is 9.87. The van der Waals surface area contributed by atoms with Crippen molar-refractivity contribution in [3.63, 3.8) is 0 Å². The second-order valence-electron chi connectivity index (χ2n) is 7.34. The van der Waals surface area contributed by atoms with Crippen molar-refractivity contribution in [2.75, 3.05) is 0 Å². The lowest BCUT2D eigenvalue weighted by atomic mass is 9.92. The topological polar surface area (TPSA) is 0 Å². The Bertz CT molecular complexity index is 901. The highest BCUT2D eigenvalue weighted by molar-refractivity contribution is 7.64. The van der Waals surface area contributed by atoms with Crippen LogP contribution in [0.25, 0.3) is 0 Å². The lowest BCUT2D eigenvalue weighted by Gasteiger charge is -2.39. The van der Waals surface area contributed by atoms with Gasteiger partial charge in [-0.2, -0.15) is 92.2 Å². The minimum absolute atomic E-state index is 1.63. The summed E-state index contributed by atoms with van der Waals surface area (Å²) >= 11 is 15.1. The van der Waals surface area contributed by atoms with Crippen molar-refractivity contribution in [3.8, 4) is 0 Å². The maximum absolute atomic E-state index is 13.6. The Morgan fingerprint density at radius 2 is 0.692 bits per heavy atom. The molecule has 0 aliphatic heterocycles. The Morgan fingerprint density at radius 1 is 0.410 bits per heavy atom. The Kier molecular flexibility index (Phi) is 10.1. The van der Waals surface area contributed by atoms with E-state index in [0.717, 1.165) is 0 Å². The first-order valence-electron chi connectivity index (χ1n) is 8.65. The van der Waals surface area contributed by atoms with Crippen LogP contribution in [0.2, 0.25) is 6.04 Å². The van der Waals surface area contributed by atoms with Crippen LogP contribution < -0.4 is 0 Å². The fourth-order valence-electron chi connectivity index (χ4n) is 2.10. The fourth-order valence-corrected chi connectivity index (χ4v) is 3.54. The van der Waals surface area contributed by atoms with E-state index >= 15 is 0 Å². The monoisotopic (exact) mass is 706 g/mol. The van der Waals surface area contributed by atoms with Gasteiger partial charge < -0.3 is 0 Å². The van der Waals surface area contributed by atoms with E-state index in [1.54, 1.807) is 0 Å². The highest BCUT2D eigenvalue weighted by Gasteiger charge is 2.90. The molecule has 0 aromatic heterocycles. The van der Waals surface area contributed by atoms with Crippen LogP contribution in [0.5, 0.6) is 0 Å². The van der Waals surface area contributed by atoms with Gasteiger partial charge in [0.05, 0.1) is 0 Å². The van der Waals surface area contributed by atoms with E-state index < -0.39 is 90.1 Å². The average Bonchev–Trinajstić information content (AvgIpc) is 2.68. The summed E-state index contributed by atoms with van der Waals surface area (Å²) < 4.78 is 277. The summed E-state index contributed by atoms with van der Waals surface area (Å²) in [5.74, 6) is -69.5. The van der Waals surface area contributed by atoms with Gasteiger partial charge in [0.15, 0.2) is 0 Å². The van der Waals surface area contributed by atoms with Gasteiger partial charge in [-0.3, -0.25) is 0 Å². The van der Waals surface area contributed by atoms with Crippen molar-refractivity contribution in [2.24, 2.45) is 0 Å². The van der Waals surface area contributed by atoms with Gasteiger partial charge in [0, 0.05) is 6.42 Å². The molecule has 0 spiro atoms. The zero-order valence-corrected chi connectivity index (χ0v) is 20.4. The van der Waals surface area contributed by atoms with Crippen LogP contribution in [0.1, 0.15) is 6.42 Å². The maximum atomic E-state index is 13.6. The summed E-state index contributed by atoms with van der Waals surface area (Å²) in [5.41, 5.74) is 0. The van der Waals surface area contributed by atoms with Gasteiger partial charge in [-0.15, -0.1) is 33.2 Å². The first kappa shape index (κ1) is 38.4. The number of alkyl halides is 21. The molecule has 0 aliphatic rings. The molecule has 0 heterocycles. The molecule has 0 nitrogen and oxygen atoms in total. The van der Waals surface area contributed by atoms with Gasteiger partial charge in [-0.1, -0.05) is 0 Å². The lowest BCUT2D eigenvalue weighted by molar-refractivity contribution is -0.436. The molecule has 0 unspecified atom stereocenters. The Hall–Kier alpha value is -0.643. The van der Waals surface area contributed by atoms with Gasteiger partial charge in [0.1, 0.15) is 0 Å². The third-order valence-electron chi connectivity index (χ3n) is 4.45. The standard InChI is InChI=1S/C14H6Cl3F21Si/c15-39(16,17)4-3-7(22,23)9(26,27)8(24,25)5(18,19)1-2-6(20,21)10(28,29)11(30,31)12(32,33)13(34,35)14(36,37)38/h1-2H,3-4H2/b2-1+. The number of halogens is 24. The molecule has 0 fully saturated rings. The molecular formula is C14H6Cl3F21Si. The van der Waals surface area contributed by atoms with Gasteiger partial charge in [-0.05, 0) is 18.2 Å². The van der Waals surface area contributed by atoms with E-state index in [4.69, 9.17) is 33.2 Å². The smallest absolute Gasteiger partial charge is 0.200 e.